The van der Waals surface area contributed by atoms with Gasteiger partial charge in [-0.15, -0.1) is 11.3 Å². The Hall–Kier alpha value is -3.44. The number of esters is 1. The minimum atomic E-state index is -0.998. The Kier molecular flexibility index (Phi) is 5.80. The lowest BCUT2D eigenvalue weighted by Crippen LogP contribution is -2.45. The fourth-order valence-electron chi connectivity index (χ4n) is 2.52. The summed E-state index contributed by atoms with van der Waals surface area (Å²) in [6.45, 7) is 2.77. The molecule has 8 heteroatoms. The third-order valence-electron chi connectivity index (χ3n) is 4.51. The molecule has 0 N–H and O–H groups in total. The molecule has 0 atom stereocenters. The summed E-state index contributed by atoms with van der Waals surface area (Å²) in [4.78, 5) is 27.2. The van der Waals surface area contributed by atoms with Crippen molar-refractivity contribution in [2.45, 2.75) is 19.4 Å². The van der Waals surface area contributed by atoms with E-state index in [2.05, 4.69) is 5.10 Å². The van der Waals surface area contributed by atoms with Gasteiger partial charge in [-0.1, -0.05) is 24.3 Å². The molecule has 0 aliphatic carbocycles. The summed E-state index contributed by atoms with van der Waals surface area (Å²) in [5.41, 5.74) is 0.567. The monoisotopic (exact) mass is 408 g/mol. The van der Waals surface area contributed by atoms with Crippen LogP contribution in [0.15, 0.2) is 53.9 Å². The largest absolute Gasteiger partial charge is 0.451 e. The van der Waals surface area contributed by atoms with E-state index in [4.69, 9.17) is 10.00 Å². The van der Waals surface area contributed by atoms with Crippen LogP contribution < -0.4 is 0 Å². The van der Waals surface area contributed by atoms with E-state index in [9.17, 15) is 9.59 Å². The topological polar surface area (TPSA) is 88.2 Å². The summed E-state index contributed by atoms with van der Waals surface area (Å²) in [6, 6.07) is 16.7. The van der Waals surface area contributed by atoms with Gasteiger partial charge in [0.25, 0.3) is 5.91 Å². The van der Waals surface area contributed by atoms with E-state index in [1.807, 2.05) is 53.9 Å². The number of aromatic nitrogens is 2. The quantitative estimate of drug-likeness (QED) is 0.582. The highest BCUT2D eigenvalue weighted by atomic mass is 32.1. The standard InChI is InChI=1S/C21H20N4O3S/c1-21(2,14-22)24(3)19(26)13-28-20(27)17-12-16(18-10-7-11-29-18)23-25(17)15-8-5-4-6-9-15/h4-12H,13H2,1-3H3. The molecular formula is C21H20N4O3S. The number of amides is 1. The minimum Gasteiger partial charge on any atom is -0.451 e. The predicted molar refractivity (Wildman–Crippen MR) is 110 cm³/mol. The number of para-hydroxylation sites is 1. The molecule has 3 aromatic rings. The molecule has 29 heavy (non-hydrogen) atoms. The third-order valence-corrected chi connectivity index (χ3v) is 5.40. The number of likely N-dealkylation sites (N-methyl/N-ethyl adjacent to an activating group) is 1. The predicted octanol–water partition coefficient (Wildman–Crippen LogP) is 3.52. The van der Waals surface area contributed by atoms with Crippen LogP contribution in [0.5, 0.6) is 0 Å². The Morgan fingerprint density at radius 3 is 2.59 bits per heavy atom. The van der Waals surface area contributed by atoms with E-state index in [-0.39, 0.29) is 5.69 Å². The average molecular weight is 408 g/mol. The first-order chi connectivity index (χ1) is 13.8. The third kappa shape index (κ3) is 4.36. The summed E-state index contributed by atoms with van der Waals surface area (Å²) < 4.78 is 6.75. The number of benzene rings is 1. The molecule has 148 valence electrons. The van der Waals surface area contributed by atoms with Gasteiger partial charge in [0.15, 0.2) is 12.3 Å². The van der Waals surface area contributed by atoms with E-state index < -0.39 is 24.0 Å². The zero-order valence-electron chi connectivity index (χ0n) is 16.3. The molecule has 0 saturated carbocycles. The normalized spacial score (nSPS) is 11.0. The lowest BCUT2D eigenvalue weighted by molar-refractivity contribution is -0.136. The van der Waals surface area contributed by atoms with E-state index in [0.717, 1.165) is 4.88 Å². The molecule has 0 radical (unpaired) electrons. The van der Waals surface area contributed by atoms with Crippen LogP contribution in [0.2, 0.25) is 0 Å². The van der Waals surface area contributed by atoms with Crippen LogP contribution in [0.1, 0.15) is 24.3 Å². The molecule has 1 aromatic carbocycles. The lowest BCUT2D eigenvalue weighted by atomic mass is 10.1. The van der Waals surface area contributed by atoms with E-state index in [0.29, 0.717) is 11.4 Å². The number of nitriles is 1. The molecule has 0 unspecified atom stereocenters. The van der Waals surface area contributed by atoms with E-state index in [1.54, 1.807) is 19.9 Å². The summed E-state index contributed by atoms with van der Waals surface area (Å²) >= 11 is 1.51. The Balaban J connectivity index is 1.85. The van der Waals surface area contributed by atoms with Crippen LogP contribution in [0.3, 0.4) is 0 Å². The second-order valence-electron chi connectivity index (χ2n) is 6.84. The van der Waals surface area contributed by atoms with Gasteiger partial charge in [0.05, 0.1) is 16.6 Å². The molecule has 0 bridgehead atoms. The van der Waals surface area contributed by atoms with Gasteiger partial charge in [0.1, 0.15) is 11.2 Å². The molecule has 3 rings (SSSR count). The maximum absolute atomic E-state index is 12.8. The number of ether oxygens (including phenoxy) is 1. The summed E-state index contributed by atoms with van der Waals surface area (Å²) in [7, 11) is 1.50. The van der Waals surface area contributed by atoms with Crippen molar-refractivity contribution >= 4 is 23.2 Å². The van der Waals surface area contributed by atoms with Crippen LogP contribution in [-0.2, 0) is 9.53 Å². The molecule has 2 heterocycles. The molecule has 1 amide bonds. The zero-order valence-corrected chi connectivity index (χ0v) is 17.1. The van der Waals surface area contributed by atoms with Gasteiger partial charge in [0.2, 0.25) is 0 Å². The number of rotatable bonds is 6. The molecule has 0 fully saturated rings. The molecule has 0 aliphatic heterocycles. The van der Waals surface area contributed by atoms with Crippen molar-refractivity contribution in [1.82, 2.24) is 14.7 Å². The van der Waals surface area contributed by atoms with Crippen LogP contribution in [-0.4, -0.2) is 45.8 Å². The fourth-order valence-corrected chi connectivity index (χ4v) is 3.20. The van der Waals surface area contributed by atoms with Crippen LogP contribution in [0.4, 0.5) is 0 Å². The van der Waals surface area contributed by atoms with Gasteiger partial charge < -0.3 is 9.64 Å². The van der Waals surface area contributed by atoms with Crippen LogP contribution in [0.25, 0.3) is 16.3 Å². The molecule has 0 aliphatic rings. The number of carbonyl (C=O) groups excluding carboxylic acids is 2. The Morgan fingerprint density at radius 2 is 1.97 bits per heavy atom. The number of nitrogens with zero attached hydrogens (tertiary/aromatic N) is 4. The smallest absolute Gasteiger partial charge is 0.357 e. The van der Waals surface area contributed by atoms with Gasteiger partial charge in [-0.05, 0) is 37.4 Å². The summed E-state index contributed by atoms with van der Waals surface area (Å²) in [5, 5.41) is 15.6. The Labute approximate surface area is 172 Å². The summed E-state index contributed by atoms with van der Waals surface area (Å²) in [6.07, 6.45) is 0. The van der Waals surface area contributed by atoms with Crippen molar-refractivity contribution in [3.05, 3.63) is 59.6 Å². The van der Waals surface area contributed by atoms with E-state index >= 15 is 0 Å². The number of hydrogen-bond acceptors (Lipinski definition) is 6. The first-order valence-electron chi connectivity index (χ1n) is 8.88. The molecule has 0 saturated heterocycles. The van der Waals surface area contributed by atoms with Crippen molar-refractivity contribution in [2.24, 2.45) is 0 Å². The van der Waals surface area contributed by atoms with Gasteiger partial charge in [0, 0.05) is 13.1 Å². The highest BCUT2D eigenvalue weighted by Gasteiger charge is 2.28. The number of hydrogen-bond donors (Lipinski definition) is 0. The van der Waals surface area contributed by atoms with Gasteiger partial charge >= 0.3 is 5.97 Å². The molecule has 2 aromatic heterocycles. The molecule has 7 nitrogen and oxygen atoms in total. The SMILES string of the molecule is CN(C(=O)COC(=O)c1cc(-c2cccs2)nn1-c1ccccc1)C(C)(C)C#N. The Bertz CT molecular complexity index is 1050. The van der Waals surface area contributed by atoms with Crippen LogP contribution in [0, 0.1) is 11.3 Å². The van der Waals surface area contributed by atoms with Crippen molar-refractivity contribution in [3.8, 4) is 22.3 Å². The zero-order chi connectivity index (χ0) is 21.0. The van der Waals surface area contributed by atoms with Gasteiger partial charge in [-0.3, -0.25) is 4.79 Å². The van der Waals surface area contributed by atoms with Gasteiger partial charge in [-0.2, -0.15) is 10.4 Å². The van der Waals surface area contributed by atoms with Crippen molar-refractivity contribution in [1.29, 1.82) is 5.26 Å². The van der Waals surface area contributed by atoms with Crippen LogP contribution >= 0.6 is 11.3 Å². The second-order valence-corrected chi connectivity index (χ2v) is 7.79. The number of carbonyl (C=O) groups is 2. The maximum atomic E-state index is 12.8. The van der Waals surface area contributed by atoms with Gasteiger partial charge in [-0.25, -0.2) is 9.48 Å². The maximum Gasteiger partial charge on any atom is 0.357 e. The first kappa shape index (κ1) is 20.3. The lowest BCUT2D eigenvalue weighted by Gasteiger charge is -2.28. The van der Waals surface area contributed by atoms with Crippen molar-refractivity contribution in [2.75, 3.05) is 13.7 Å². The fraction of sp³-hybridized carbons (Fsp3) is 0.238. The van der Waals surface area contributed by atoms with E-state index in [1.165, 1.54) is 28.0 Å². The molecule has 0 spiro atoms. The number of thiophene rings is 1. The highest BCUT2D eigenvalue weighted by molar-refractivity contribution is 7.13. The average Bonchev–Trinajstić information content (AvgIpc) is 3.41. The minimum absolute atomic E-state index is 0.217. The molecular weight excluding hydrogens is 388 g/mol. The Morgan fingerprint density at radius 1 is 1.24 bits per heavy atom. The van der Waals surface area contributed by atoms with Crippen molar-refractivity contribution in [3.63, 3.8) is 0 Å². The second kappa shape index (κ2) is 8.29. The van der Waals surface area contributed by atoms with Crippen molar-refractivity contribution < 1.29 is 14.3 Å². The first-order valence-corrected chi connectivity index (χ1v) is 9.76. The highest BCUT2D eigenvalue weighted by Crippen LogP contribution is 2.26. The summed E-state index contributed by atoms with van der Waals surface area (Å²) in [5.74, 6) is -1.13.